The van der Waals surface area contributed by atoms with E-state index in [0.717, 1.165) is 13.1 Å². The molecule has 0 aromatic carbocycles. The van der Waals surface area contributed by atoms with Crippen LogP contribution in [-0.2, 0) is 4.79 Å². The molecule has 0 aromatic rings. The maximum Gasteiger partial charge on any atom is 0.239 e. The Kier molecular flexibility index (Phi) is 6.60. The summed E-state index contributed by atoms with van der Waals surface area (Å²) >= 11 is 0. The minimum Gasteiger partial charge on any atom is -0.343 e. The van der Waals surface area contributed by atoms with Gasteiger partial charge in [-0.15, -0.1) is 0 Å². The van der Waals surface area contributed by atoms with Crippen molar-refractivity contribution in [1.82, 2.24) is 14.7 Å². The number of likely N-dealkylation sites (N-methyl/N-ethyl adjacent to an activating group) is 3. The van der Waals surface area contributed by atoms with E-state index in [1.165, 1.54) is 0 Å². The largest absolute Gasteiger partial charge is 0.343 e. The van der Waals surface area contributed by atoms with Gasteiger partial charge < -0.3 is 9.80 Å². The van der Waals surface area contributed by atoms with Crippen LogP contribution in [0, 0.1) is 5.92 Å². The third-order valence-electron chi connectivity index (χ3n) is 2.70. The van der Waals surface area contributed by atoms with Crippen LogP contribution >= 0.6 is 0 Å². The van der Waals surface area contributed by atoms with Gasteiger partial charge in [0.1, 0.15) is 0 Å². The molecule has 1 amide bonds. The Hall–Kier alpha value is -0.610. The Labute approximate surface area is 100 Å². The number of carbonyl (C=O) groups excluding carboxylic acids is 1. The van der Waals surface area contributed by atoms with Crippen molar-refractivity contribution in [1.29, 1.82) is 0 Å². The van der Waals surface area contributed by atoms with E-state index >= 15 is 0 Å². The third kappa shape index (κ3) is 4.94. The molecule has 96 valence electrons. The number of carbonyl (C=O) groups is 1. The summed E-state index contributed by atoms with van der Waals surface area (Å²) in [7, 11) is 9.84. The topological polar surface area (TPSA) is 26.8 Å². The van der Waals surface area contributed by atoms with Crippen LogP contribution in [0.2, 0.25) is 0 Å². The van der Waals surface area contributed by atoms with Crippen molar-refractivity contribution in [3.05, 3.63) is 0 Å². The van der Waals surface area contributed by atoms with E-state index in [4.69, 9.17) is 0 Å². The Balaban J connectivity index is 4.38. The van der Waals surface area contributed by atoms with Crippen LogP contribution in [-0.4, -0.2) is 75.0 Å². The highest BCUT2D eigenvalue weighted by atomic mass is 16.2. The lowest BCUT2D eigenvalue weighted by Gasteiger charge is -2.31. The fourth-order valence-electron chi connectivity index (χ4n) is 1.79. The Bertz CT molecular complexity index is 206. The molecule has 1 atom stereocenters. The van der Waals surface area contributed by atoms with Crippen molar-refractivity contribution >= 4 is 5.91 Å². The summed E-state index contributed by atoms with van der Waals surface area (Å²) < 4.78 is 0. The molecule has 4 heteroatoms. The SMILES string of the molecule is CC(C)[C@H](C(=O)N(C)CCN(C)C)N(C)C. The Morgan fingerprint density at radius 3 is 1.81 bits per heavy atom. The van der Waals surface area contributed by atoms with Crippen molar-refractivity contribution in [3.8, 4) is 0 Å². The van der Waals surface area contributed by atoms with Crippen LogP contribution in [0.25, 0.3) is 0 Å². The van der Waals surface area contributed by atoms with E-state index in [9.17, 15) is 4.79 Å². The average Bonchev–Trinajstić information content (AvgIpc) is 2.12. The lowest BCUT2D eigenvalue weighted by molar-refractivity contribution is -0.136. The molecule has 0 aliphatic rings. The second-order valence-corrected chi connectivity index (χ2v) is 5.22. The molecule has 0 aliphatic heterocycles. The second kappa shape index (κ2) is 6.86. The molecule has 0 fully saturated rings. The zero-order valence-electron chi connectivity index (χ0n) is 11.8. The number of hydrogen-bond donors (Lipinski definition) is 0. The number of hydrogen-bond acceptors (Lipinski definition) is 3. The molecule has 0 aliphatic carbocycles. The quantitative estimate of drug-likeness (QED) is 0.667. The summed E-state index contributed by atoms with van der Waals surface area (Å²) in [6.45, 7) is 5.86. The Morgan fingerprint density at radius 2 is 1.50 bits per heavy atom. The normalized spacial score (nSPS) is 13.6. The fourth-order valence-corrected chi connectivity index (χ4v) is 1.79. The molecule has 0 saturated heterocycles. The van der Waals surface area contributed by atoms with Gasteiger partial charge in [-0.2, -0.15) is 0 Å². The summed E-state index contributed by atoms with van der Waals surface area (Å²) in [5.41, 5.74) is 0. The lowest BCUT2D eigenvalue weighted by Crippen LogP contribution is -2.48. The highest BCUT2D eigenvalue weighted by Crippen LogP contribution is 2.10. The average molecular weight is 229 g/mol. The predicted molar refractivity (Wildman–Crippen MR) is 68.5 cm³/mol. The third-order valence-corrected chi connectivity index (χ3v) is 2.70. The molecular weight excluding hydrogens is 202 g/mol. The van der Waals surface area contributed by atoms with Crippen LogP contribution in [0.1, 0.15) is 13.8 Å². The fraction of sp³-hybridized carbons (Fsp3) is 0.917. The van der Waals surface area contributed by atoms with Gasteiger partial charge in [0.25, 0.3) is 0 Å². The van der Waals surface area contributed by atoms with Crippen LogP contribution in [0.5, 0.6) is 0 Å². The van der Waals surface area contributed by atoms with Crippen LogP contribution in [0.15, 0.2) is 0 Å². The zero-order valence-corrected chi connectivity index (χ0v) is 11.8. The van der Waals surface area contributed by atoms with E-state index in [1.807, 2.05) is 45.0 Å². The monoisotopic (exact) mass is 229 g/mol. The van der Waals surface area contributed by atoms with E-state index in [-0.39, 0.29) is 11.9 Å². The van der Waals surface area contributed by atoms with E-state index in [2.05, 4.69) is 18.7 Å². The van der Waals surface area contributed by atoms with Gasteiger partial charge in [-0.25, -0.2) is 0 Å². The molecule has 0 saturated carbocycles. The molecule has 0 N–H and O–H groups in total. The van der Waals surface area contributed by atoms with Gasteiger partial charge in [0, 0.05) is 20.1 Å². The van der Waals surface area contributed by atoms with Crippen molar-refractivity contribution in [2.75, 3.05) is 48.3 Å². The van der Waals surface area contributed by atoms with Gasteiger partial charge in [0.05, 0.1) is 6.04 Å². The lowest BCUT2D eigenvalue weighted by atomic mass is 10.0. The van der Waals surface area contributed by atoms with Gasteiger partial charge in [-0.3, -0.25) is 9.69 Å². The van der Waals surface area contributed by atoms with Crippen LogP contribution < -0.4 is 0 Å². The molecule has 0 rings (SSSR count). The van der Waals surface area contributed by atoms with Gasteiger partial charge in [-0.1, -0.05) is 13.8 Å². The molecule has 0 bridgehead atoms. The first-order valence-corrected chi connectivity index (χ1v) is 5.83. The number of rotatable bonds is 6. The van der Waals surface area contributed by atoms with Gasteiger partial charge in [0.2, 0.25) is 5.91 Å². The van der Waals surface area contributed by atoms with Crippen molar-refractivity contribution in [2.45, 2.75) is 19.9 Å². The molecular formula is C12H27N3O. The minimum atomic E-state index is -0.0211. The van der Waals surface area contributed by atoms with Crippen molar-refractivity contribution in [3.63, 3.8) is 0 Å². The summed E-state index contributed by atoms with van der Waals surface area (Å²) in [5.74, 6) is 0.547. The Morgan fingerprint density at radius 1 is 1.00 bits per heavy atom. The maximum absolute atomic E-state index is 12.2. The van der Waals surface area contributed by atoms with Crippen molar-refractivity contribution in [2.24, 2.45) is 5.92 Å². The summed E-state index contributed by atoms with van der Waals surface area (Å²) in [5, 5.41) is 0. The number of amides is 1. The second-order valence-electron chi connectivity index (χ2n) is 5.22. The van der Waals surface area contributed by atoms with Gasteiger partial charge >= 0.3 is 0 Å². The first-order valence-electron chi connectivity index (χ1n) is 5.83. The summed E-state index contributed by atoms with van der Waals surface area (Å²) in [4.78, 5) is 18.1. The first-order chi connectivity index (χ1) is 7.27. The molecule has 16 heavy (non-hydrogen) atoms. The summed E-state index contributed by atoms with van der Waals surface area (Å²) in [6.07, 6.45) is 0. The van der Waals surface area contributed by atoms with Crippen molar-refractivity contribution < 1.29 is 4.79 Å². The summed E-state index contributed by atoms with van der Waals surface area (Å²) in [6, 6.07) is -0.0211. The van der Waals surface area contributed by atoms with E-state index in [1.54, 1.807) is 0 Å². The van der Waals surface area contributed by atoms with E-state index in [0.29, 0.717) is 5.92 Å². The predicted octanol–water partition coefficient (Wildman–Crippen LogP) is 0.593. The highest BCUT2D eigenvalue weighted by molar-refractivity contribution is 5.81. The highest BCUT2D eigenvalue weighted by Gasteiger charge is 2.26. The molecule has 0 radical (unpaired) electrons. The standard InChI is InChI=1S/C12H27N3O/c1-10(2)11(14(5)6)12(16)15(7)9-8-13(3)4/h10-11H,8-9H2,1-7H3/t11-/m1/s1. The zero-order chi connectivity index (χ0) is 12.9. The minimum absolute atomic E-state index is 0.0211. The van der Waals surface area contributed by atoms with Crippen LogP contribution in [0.4, 0.5) is 0 Å². The van der Waals surface area contributed by atoms with E-state index < -0.39 is 0 Å². The van der Waals surface area contributed by atoms with Gasteiger partial charge in [-0.05, 0) is 34.1 Å². The van der Waals surface area contributed by atoms with Gasteiger partial charge in [0.15, 0.2) is 0 Å². The van der Waals surface area contributed by atoms with Crippen LogP contribution in [0.3, 0.4) is 0 Å². The smallest absolute Gasteiger partial charge is 0.239 e. The first kappa shape index (κ1) is 15.4. The molecule has 0 spiro atoms. The maximum atomic E-state index is 12.2. The molecule has 0 unspecified atom stereocenters. The molecule has 4 nitrogen and oxygen atoms in total. The number of nitrogens with zero attached hydrogens (tertiary/aromatic N) is 3. The molecule has 0 aromatic heterocycles. The molecule has 0 heterocycles.